The Morgan fingerprint density at radius 1 is 1.38 bits per heavy atom. The van der Waals surface area contributed by atoms with Gasteiger partial charge in [-0.3, -0.25) is 28.6 Å². The first-order valence-corrected chi connectivity index (χ1v) is 11.5. The first kappa shape index (κ1) is 25.7. The zero-order valence-electron chi connectivity index (χ0n) is 18.1. The van der Waals surface area contributed by atoms with E-state index in [4.69, 9.17) is 14.1 Å². The van der Waals surface area contributed by atoms with Gasteiger partial charge in [-0.15, -0.1) is 0 Å². The van der Waals surface area contributed by atoms with Crippen molar-refractivity contribution in [3.8, 4) is 0 Å². The van der Waals surface area contributed by atoms with Crippen LogP contribution in [0.3, 0.4) is 0 Å². The standard InChI is InChI=1S/C19H23FN3O10P/c1-11(23(30-2)12-6-4-3-5-7-12)18(26)33-34(28,29)31-10-15-14(24)8-16(32-15)22-9-13(20)17(25)21-19(22)27/h3-7,9,11,14-16,24H,8,10H2,1-2H3,(H,28,29)(H,21,25,27)/t11-,14-,15+,16+/m0/s1. The molecule has 13 nitrogen and oxygen atoms in total. The highest BCUT2D eigenvalue weighted by Gasteiger charge is 2.39. The van der Waals surface area contributed by atoms with Crippen LogP contribution in [-0.4, -0.2) is 57.5 Å². The van der Waals surface area contributed by atoms with E-state index in [1.54, 1.807) is 35.3 Å². The molecule has 3 rings (SSSR count). The Kier molecular flexibility index (Phi) is 8.02. The zero-order chi connectivity index (χ0) is 25.0. The number of aromatic nitrogens is 2. The molecule has 0 aliphatic carbocycles. The van der Waals surface area contributed by atoms with E-state index < -0.39 is 61.9 Å². The molecule has 0 bridgehead atoms. The summed E-state index contributed by atoms with van der Waals surface area (Å²) in [5.41, 5.74) is -1.69. The number of para-hydroxylation sites is 1. The molecule has 1 saturated heterocycles. The van der Waals surface area contributed by atoms with Crippen LogP contribution >= 0.6 is 7.82 Å². The minimum atomic E-state index is -4.94. The number of phosphoric acid groups is 1. The average Bonchev–Trinajstić information content (AvgIpc) is 3.16. The number of ether oxygens (including phenoxy) is 1. The predicted molar refractivity (Wildman–Crippen MR) is 113 cm³/mol. The van der Waals surface area contributed by atoms with Crippen LogP contribution in [0.25, 0.3) is 0 Å². The Morgan fingerprint density at radius 3 is 2.71 bits per heavy atom. The minimum absolute atomic E-state index is 0.203. The molecule has 186 valence electrons. The molecule has 1 unspecified atom stereocenters. The number of anilines is 1. The first-order chi connectivity index (χ1) is 16.0. The Hall–Kier alpha value is -2.87. The minimum Gasteiger partial charge on any atom is -0.390 e. The zero-order valence-corrected chi connectivity index (χ0v) is 19.0. The summed E-state index contributed by atoms with van der Waals surface area (Å²) in [5, 5.41) is 11.3. The summed E-state index contributed by atoms with van der Waals surface area (Å²) >= 11 is 0. The van der Waals surface area contributed by atoms with Crippen molar-refractivity contribution in [3.63, 3.8) is 0 Å². The van der Waals surface area contributed by atoms with Crippen LogP contribution in [0.5, 0.6) is 0 Å². The summed E-state index contributed by atoms with van der Waals surface area (Å²) in [5.74, 6) is -2.36. The molecule has 0 spiro atoms. The number of hydrogen-bond donors (Lipinski definition) is 3. The van der Waals surface area contributed by atoms with Crippen molar-refractivity contribution in [3.05, 3.63) is 63.2 Å². The van der Waals surface area contributed by atoms with Crippen LogP contribution in [0.4, 0.5) is 10.1 Å². The number of aliphatic hydroxyl groups excluding tert-OH is 1. The molecule has 1 aliphatic heterocycles. The normalized spacial score (nSPS) is 22.7. The summed E-state index contributed by atoms with van der Waals surface area (Å²) in [6, 6.07) is 7.33. The predicted octanol–water partition coefficient (Wildman–Crippen LogP) is 0.441. The van der Waals surface area contributed by atoms with Gasteiger partial charge in [0.1, 0.15) is 12.3 Å². The van der Waals surface area contributed by atoms with Gasteiger partial charge in [0, 0.05) is 6.42 Å². The Bertz CT molecular complexity index is 1170. The van der Waals surface area contributed by atoms with E-state index in [9.17, 15) is 33.3 Å². The number of nitrogens with zero attached hydrogens (tertiary/aromatic N) is 2. The molecule has 5 atom stereocenters. The molecular formula is C19H23FN3O10P. The lowest BCUT2D eigenvalue weighted by Gasteiger charge is -2.27. The van der Waals surface area contributed by atoms with Crippen molar-refractivity contribution in [2.75, 3.05) is 18.8 Å². The molecule has 0 amide bonds. The number of benzene rings is 1. The van der Waals surface area contributed by atoms with Gasteiger partial charge in [0.2, 0.25) is 5.82 Å². The van der Waals surface area contributed by atoms with Gasteiger partial charge in [-0.1, -0.05) is 18.2 Å². The van der Waals surface area contributed by atoms with Crippen molar-refractivity contribution in [2.24, 2.45) is 0 Å². The molecule has 1 aromatic heterocycles. The van der Waals surface area contributed by atoms with Crippen molar-refractivity contribution in [1.29, 1.82) is 0 Å². The highest BCUT2D eigenvalue weighted by Crippen LogP contribution is 2.45. The van der Waals surface area contributed by atoms with Crippen molar-refractivity contribution in [2.45, 2.75) is 37.8 Å². The van der Waals surface area contributed by atoms with E-state index in [2.05, 4.69) is 4.52 Å². The summed E-state index contributed by atoms with van der Waals surface area (Å²) in [7, 11) is -3.63. The summed E-state index contributed by atoms with van der Waals surface area (Å²) in [6.45, 7) is 0.689. The number of hydroxylamine groups is 1. The highest BCUT2D eigenvalue weighted by atomic mass is 31.2. The van der Waals surface area contributed by atoms with Gasteiger partial charge in [-0.2, -0.15) is 4.39 Å². The van der Waals surface area contributed by atoms with E-state index >= 15 is 0 Å². The Balaban J connectivity index is 1.59. The van der Waals surface area contributed by atoms with Crippen LogP contribution < -0.4 is 16.3 Å². The third-order valence-corrected chi connectivity index (χ3v) is 5.83. The number of phosphoric ester groups is 1. The van der Waals surface area contributed by atoms with Crippen molar-refractivity contribution in [1.82, 2.24) is 9.55 Å². The fourth-order valence-electron chi connectivity index (χ4n) is 3.25. The Morgan fingerprint density at radius 2 is 2.06 bits per heavy atom. The SMILES string of the molecule is CON(c1ccccc1)[C@@H](C)C(=O)OP(=O)(O)OC[C@H]1O[C@@H](n2cc(F)c(=O)[nH]c2=O)C[C@@H]1O. The van der Waals surface area contributed by atoms with E-state index in [1.807, 2.05) is 0 Å². The first-order valence-electron chi connectivity index (χ1n) is 9.96. The largest absolute Gasteiger partial charge is 0.529 e. The molecule has 0 saturated carbocycles. The van der Waals surface area contributed by atoms with Gasteiger partial charge in [0.25, 0.3) is 5.56 Å². The molecule has 1 aromatic carbocycles. The Labute approximate surface area is 191 Å². The molecule has 1 aliphatic rings. The molecule has 2 aromatic rings. The fourth-order valence-corrected chi connectivity index (χ4v) is 4.02. The second-order valence-corrected chi connectivity index (χ2v) is 8.65. The van der Waals surface area contributed by atoms with Gasteiger partial charge < -0.3 is 14.4 Å². The van der Waals surface area contributed by atoms with E-state index in [1.165, 1.54) is 14.0 Å². The van der Waals surface area contributed by atoms with Gasteiger partial charge in [-0.25, -0.2) is 19.2 Å². The molecule has 34 heavy (non-hydrogen) atoms. The van der Waals surface area contributed by atoms with Crippen LogP contribution in [-0.2, 0) is 28.0 Å². The average molecular weight is 503 g/mol. The monoisotopic (exact) mass is 503 g/mol. The van der Waals surface area contributed by atoms with Crippen molar-refractivity contribution < 1.29 is 42.4 Å². The second kappa shape index (κ2) is 10.6. The number of aromatic amines is 1. The van der Waals surface area contributed by atoms with Crippen LogP contribution in [0.15, 0.2) is 46.1 Å². The number of H-pyrrole nitrogens is 1. The van der Waals surface area contributed by atoms with Gasteiger partial charge in [0.15, 0.2) is 6.04 Å². The molecular weight excluding hydrogens is 480 g/mol. The fraction of sp³-hybridized carbons (Fsp3) is 0.421. The maximum Gasteiger partial charge on any atom is 0.529 e. The summed E-state index contributed by atoms with van der Waals surface area (Å²) in [6.07, 6.45) is -3.25. The number of halogens is 1. The smallest absolute Gasteiger partial charge is 0.390 e. The van der Waals surface area contributed by atoms with Crippen LogP contribution in [0.2, 0.25) is 0 Å². The van der Waals surface area contributed by atoms with Crippen molar-refractivity contribution >= 4 is 19.5 Å². The number of aliphatic hydroxyl groups is 1. The summed E-state index contributed by atoms with van der Waals surface area (Å²) in [4.78, 5) is 52.3. The van der Waals surface area contributed by atoms with Gasteiger partial charge in [0.05, 0.1) is 31.7 Å². The van der Waals surface area contributed by atoms with Crippen LogP contribution in [0, 0.1) is 5.82 Å². The molecule has 15 heteroatoms. The van der Waals surface area contributed by atoms with E-state index in [0.717, 1.165) is 9.63 Å². The van der Waals surface area contributed by atoms with Crippen LogP contribution in [0.1, 0.15) is 19.6 Å². The number of rotatable bonds is 9. The molecule has 2 heterocycles. The maximum absolute atomic E-state index is 13.5. The lowest BCUT2D eigenvalue weighted by Crippen LogP contribution is -2.39. The summed E-state index contributed by atoms with van der Waals surface area (Å²) < 4.78 is 41.3. The molecule has 0 radical (unpaired) electrons. The van der Waals surface area contributed by atoms with Gasteiger partial charge in [-0.05, 0) is 19.1 Å². The molecule has 1 fully saturated rings. The third kappa shape index (κ3) is 5.97. The second-order valence-electron chi connectivity index (χ2n) is 7.27. The van der Waals surface area contributed by atoms with E-state index in [-0.39, 0.29) is 6.42 Å². The maximum atomic E-state index is 13.5. The quantitative estimate of drug-likeness (QED) is 0.321. The lowest BCUT2D eigenvalue weighted by molar-refractivity contribution is -0.139. The highest BCUT2D eigenvalue weighted by molar-refractivity contribution is 7.48. The van der Waals surface area contributed by atoms with E-state index in [0.29, 0.717) is 11.9 Å². The number of carbonyl (C=O) groups excluding carboxylic acids is 1. The number of carbonyl (C=O) groups is 1. The topological polar surface area (TPSA) is 170 Å². The number of nitrogens with one attached hydrogen (secondary N) is 1. The van der Waals surface area contributed by atoms with Gasteiger partial charge >= 0.3 is 19.5 Å². The number of hydrogen-bond acceptors (Lipinski definition) is 10. The third-order valence-electron chi connectivity index (χ3n) is 4.95. The molecule has 3 N–H and O–H groups in total. The lowest BCUT2D eigenvalue weighted by atomic mass is 10.2.